The lowest BCUT2D eigenvalue weighted by molar-refractivity contribution is 0.975. The van der Waals surface area contributed by atoms with Gasteiger partial charge in [-0.15, -0.1) is 25.3 Å². The highest BCUT2D eigenvalue weighted by atomic mass is 32.1. The van der Waals surface area contributed by atoms with Crippen molar-refractivity contribution in [3.8, 4) is 0 Å². The van der Waals surface area contributed by atoms with Crippen LogP contribution < -0.4 is 5.32 Å². The number of hydrogen-bond acceptors (Lipinski definition) is 3. The molecule has 0 aromatic heterocycles. The van der Waals surface area contributed by atoms with Gasteiger partial charge in [-0.3, -0.25) is 0 Å². The lowest BCUT2D eigenvalue weighted by Gasteiger charge is -2.07. The van der Waals surface area contributed by atoms with Gasteiger partial charge in [0.25, 0.3) is 0 Å². The molecule has 0 aliphatic carbocycles. The summed E-state index contributed by atoms with van der Waals surface area (Å²) in [6.07, 6.45) is 3.49. The number of hydrogen-bond donors (Lipinski definition) is 3. The van der Waals surface area contributed by atoms with Crippen LogP contribution in [0.25, 0.3) is 0 Å². The minimum absolute atomic E-state index is 0.581. The Balaban J connectivity index is 2.63. The summed E-state index contributed by atoms with van der Waals surface area (Å²) in [5, 5.41) is 3.45. The summed E-state index contributed by atoms with van der Waals surface area (Å²) in [7, 11) is 0. The zero-order valence-corrected chi connectivity index (χ0v) is 5.79. The van der Waals surface area contributed by atoms with E-state index in [9.17, 15) is 0 Å². The average Bonchev–Trinajstić information content (AvgIpc) is 1.64. The van der Waals surface area contributed by atoms with Crippen molar-refractivity contribution in [3.63, 3.8) is 0 Å². The van der Waals surface area contributed by atoms with Gasteiger partial charge < -0.3 is 5.32 Å². The maximum Gasteiger partial charge on any atom is 0.229 e. The van der Waals surface area contributed by atoms with E-state index >= 15 is 0 Å². The van der Waals surface area contributed by atoms with Gasteiger partial charge in [0.15, 0.2) is 0 Å². The highest BCUT2D eigenvalue weighted by molar-refractivity contribution is 7.97. The Labute approximate surface area is 58.9 Å². The van der Waals surface area contributed by atoms with E-state index < -0.39 is 0 Å². The normalized spacial score (nSPS) is 20.0. The average molecular weight is 145 g/mol. The van der Waals surface area contributed by atoms with Crippen molar-refractivity contribution in [2.75, 3.05) is 0 Å². The zero-order chi connectivity index (χ0) is 5.98. The largest absolute Gasteiger partial charge is 0.355 e. The van der Waals surface area contributed by atoms with Crippen molar-refractivity contribution in [2.24, 2.45) is 4.99 Å². The highest BCUT2D eigenvalue weighted by Gasteiger charge is 2.01. The Hall–Kier alpha value is -0.0900. The Morgan fingerprint density at radius 2 is 2.25 bits per heavy atom. The topological polar surface area (TPSA) is 24.4 Å². The van der Waals surface area contributed by atoms with Gasteiger partial charge >= 0.3 is 0 Å². The molecule has 1 heterocycles. The molecule has 0 atom stereocenters. The minimum atomic E-state index is 0.581. The van der Waals surface area contributed by atoms with Crippen molar-refractivity contribution >= 4 is 30.3 Å². The third-order valence-corrected chi connectivity index (χ3v) is 1.14. The molecule has 0 unspecified atom stereocenters. The maximum absolute atomic E-state index is 3.97. The molecular formula is C4H5N2S2. The van der Waals surface area contributed by atoms with Crippen LogP contribution in [-0.4, -0.2) is 5.04 Å². The lowest BCUT2D eigenvalue weighted by atomic mass is 10.6. The van der Waals surface area contributed by atoms with Crippen molar-refractivity contribution in [1.82, 2.24) is 5.32 Å². The number of nitrogens with zero attached hydrogens (tertiary/aromatic N) is 1. The first-order valence-corrected chi connectivity index (χ1v) is 2.95. The van der Waals surface area contributed by atoms with Gasteiger partial charge in [-0.2, -0.15) is 0 Å². The second kappa shape index (κ2) is 2.46. The van der Waals surface area contributed by atoms with E-state index in [1.54, 1.807) is 12.3 Å². The van der Waals surface area contributed by atoms with E-state index in [-0.39, 0.29) is 0 Å². The summed E-state index contributed by atoms with van der Waals surface area (Å²) in [5.74, 6) is 0. The molecule has 4 heteroatoms. The van der Waals surface area contributed by atoms with Crippen molar-refractivity contribution < 1.29 is 0 Å². The maximum atomic E-state index is 3.97. The Kier molecular flexibility index (Phi) is 1.85. The van der Waals surface area contributed by atoms with Crippen LogP contribution in [0.15, 0.2) is 17.3 Å². The van der Waals surface area contributed by atoms with Gasteiger partial charge in [-0.1, -0.05) is 0 Å². The molecule has 0 aromatic rings. The second-order valence-electron chi connectivity index (χ2n) is 1.27. The fourth-order valence-electron chi connectivity index (χ4n) is 0.369. The number of aliphatic imine (C=N–C) groups is 1. The number of thiol groups is 2. The SMILES string of the molecule is S[C]1N=C(S)C=CN1. The lowest BCUT2D eigenvalue weighted by Crippen LogP contribution is -2.11. The molecule has 1 radical (unpaired) electrons. The van der Waals surface area contributed by atoms with Gasteiger partial charge in [-0.25, -0.2) is 4.99 Å². The Morgan fingerprint density at radius 3 is 2.62 bits per heavy atom. The van der Waals surface area contributed by atoms with Gasteiger partial charge in [0, 0.05) is 6.20 Å². The fraction of sp³-hybridized carbons (Fsp3) is 0. The van der Waals surface area contributed by atoms with E-state index in [1.165, 1.54) is 0 Å². The summed E-state index contributed by atoms with van der Waals surface area (Å²) < 4.78 is 0. The Bertz CT molecular complexity index is 141. The first-order chi connectivity index (χ1) is 3.79. The molecule has 43 valence electrons. The molecule has 1 aliphatic rings. The summed E-state index contributed by atoms with van der Waals surface area (Å²) >= 11 is 7.91. The number of rotatable bonds is 0. The first-order valence-electron chi connectivity index (χ1n) is 2.06. The molecule has 1 N–H and O–H groups in total. The van der Waals surface area contributed by atoms with Crippen LogP contribution in [0.3, 0.4) is 0 Å². The highest BCUT2D eigenvalue weighted by Crippen LogP contribution is 2.08. The molecule has 0 saturated heterocycles. The van der Waals surface area contributed by atoms with Crippen molar-refractivity contribution in [2.45, 2.75) is 0 Å². The van der Waals surface area contributed by atoms with Crippen LogP contribution in [0, 0.1) is 5.50 Å². The third kappa shape index (κ3) is 1.45. The van der Waals surface area contributed by atoms with Gasteiger partial charge in [-0.05, 0) is 6.08 Å². The number of nitrogens with one attached hydrogen (secondary N) is 1. The summed E-state index contributed by atoms with van der Waals surface area (Å²) in [6.45, 7) is 0. The monoisotopic (exact) mass is 145 g/mol. The van der Waals surface area contributed by atoms with Gasteiger partial charge in [0.2, 0.25) is 5.50 Å². The third-order valence-electron chi connectivity index (χ3n) is 0.665. The standard InChI is InChI=1S/C4H5N2S2/c7-3-1-2-5-4(8)6-3/h1-2,5,8H,(H,6,7). The Morgan fingerprint density at radius 1 is 1.50 bits per heavy atom. The molecule has 0 spiro atoms. The molecule has 2 nitrogen and oxygen atoms in total. The van der Waals surface area contributed by atoms with E-state index in [0.29, 0.717) is 10.5 Å². The molecule has 0 amide bonds. The van der Waals surface area contributed by atoms with Crippen LogP contribution >= 0.6 is 25.3 Å². The summed E-state index contributed by atoms with van der Waals surface area (Å²) in [4.78, 5) is 3.85. The second-order valence-corrected chi connectivity index (χ2v) is 2.15. The zero-order valence-electron chi connectivity index (χ0n) is 4.00. The molecule has 0 saturated carbocycles. The summed E-state index contributed by atoms with van der Waals surface area (Å²) in [5.41, 5.74) is 0.581. The van der Waals surface area contributed by atoms with Crippen molar-refractivity contribution in [3.05, 3.63) is 17.8 Å². The molecule has 1 rings (SSSR count). The van der Waals surface area contributed by atoms with Gasteiger partial charge in [0.05, 0.1) is 5.04 Å². The minimum Gasteiger partial charge on any atom is -0.355 e. The van der Waals surface area contributed by atoms with E-state index in [0.717, 1.165) is 0 Å². The van der Waals surface area contributed by atoms with Crippen LogP contribution in [0.1, 0.15) is 0 Å². The first kappa shape index (κ1) is 6.04. The molecule has 0 aromatic carbocycles. The predicted octanol–water partition coefficient (Wildman–Crippen LogP) is 0.808. The van der Waals surface area contributed by atoms with Crippen LogP contribution in [0.4, 0.5) is 0 Å². The quantitative estimate of drug-likeness (QED) is 0.432. The predicted molar refractivity (Wildman–Crippen MR) is 40.9 cm³/mol. The molecule has 8 heavy (non-hydrogen) atoms. The summed E-state index contributed by atoms with van der Waals surface area (Å²) in [6, 6.07) is 0. The van der Waals surface area contributed by atoms with E-state index in [4.69, 9.17) is 0 Å². The van der Waals surface area contributed by atoms with Gasteiger partial charge in [0.1, 0.15) is 0 Å². The van der Waals surface area contributed by atoms with E-state index in [2.05, 4.69) is 35.6 Å². The molecule has 1 aliphatic heterocycles. The van der Waals surface area contributed by atoms with E-state index in [1.807, 2.05) is 0 Å². The molecule has 0 bridgehead atoms. The van der Waals surface area contributed by atoms with Crippen LogP contribution in [-0.2, 0) is 0 Å². The van der Waals surface area contributed by atoms with Crippen molar-refractivity contribution in [1.29, 1.82) is 0 Å². The smallest absolute Gasteiger partial charge is 0.229 e. The molecule has 0 fully saturated rings. The fourth-order valence-corrected chi connectivity index (χ4v) is 0.804. The molecular weight excluding hydrogens is 140 g/mol. The van der Waals surface area contributed by atoms with Crippen LogP contribution in [0.5, 0.6) is 0 Å². The van der Waals surface area contributed by atoms with Crippen LogP contribution in [0.2, 0.25) is 0 Å².